The molecule has 3 atom stereocenters. The molecule has 0 bridgehead atoms. The van der Waals surface area contributed by atoms with Crippen molar-refractivity contribution in [1.29, 1.82) is 0 Å². The van der Waals surface area contributed by atoms with Crippen LogP contribution in [0.5, 0.6) is 0 Å². The second kappa shape index (κ2) is 5.96. The molecule has 0 amide bonds. The molecule has 1 fully saturated rings. The molecule has 0 spiro atoms. The lowest BCUT2D eigenvalue weighted by molar-refractivity contribution is -0.143. The van der Waals surface area contributed by atoms with Crippen molar-refractivity contribution in [2.75, 3.05) is 0 Å². The Kier molecular flexibility index (Phi) is 4.06. The highest BCUT2D eigenvalue weighted by Crippen LogP contribution is 2.32. The number of fused-ring (bicyclic) bond motifs is 1. The van der Waals surface area contributed by atoms with E-state index in [0.29, 0.717) is 12.1 Å². The number of hydrogen-bond donors (Lipinski definition) is 2. The van der Waals surface area contributed by atoms with Crippen molar-refractivity contribution in [3.8, 4) is 0 Å². The van der Waals surface area contributed by atoms with Crippen LogP contribution in [0.15, 0.2) is 24.3 Å². The van der Waals surface area contributed by atoms with Crippen LogP contribution in [0.2, 0.25) is 0 Å². The molecule has 0 aliphatic heterocycles. The van der Waals surface area contributed by atoms with Crippen molar-refractivity contribution in [3.63, 3.8) is 0 Å². The van der Waals surface area contributed by atoms with Crippen molar-refractivity contribution in [2.24, 2.45) is 5.92 Å². The van der Waals surface area contributed by atoms with Crippen LogP contribution in [0.1, 0.15) is 55.7 Å². The summed E-state index contributed by atoms with van der Waals surface area (Å²) in [6.07, 6.45) is 7.35. The van der Waals surface area contributed by atoms with Crippen molar-refractivity contribution in [2.45, 2.75) is 57.0 Å². The number of hydrogen-bond acceptors (Lipinski definition) is 2. The third-order valence-electron chi connectivity index (χ3n) is 4.83. The maximum atomic E-state index is 11.2. The Morgan fingerprint density at radius 1 is 1.15 bits per heavy atom. The zero-order valence-corrected chi connectivity index (χ0v) is 11.8. The highest BCUT2D eigenvalue weighted by molar-refractivity contribution is 5.70. The van der Waals surface area contributed by atoms with Gasteiger partial charge in [-0.15, -0.1) is 0 Å². The van der Waals surface area contributed by atoms with Crippen LogP contribution >= 0.6 is 0 Å². The molecule has 1 aromatic carbocycles. The van der Waals surface area contributed by atoms with Crippen LogP contribution in [-0.4, -0.2) is 17.1 Å². The molecule has 3 heteroatoms. The van der Waals surface area contributed by atoms with Gasteiger partial charge in [0.05, 0.1) is 5.92 Å². The number of aryl methyl sites for hydroxylation is 1. The fourth-order valence-corrected chi connectivity index (χ4v) is 3.78. The minimum absolute atomic E-state index is 0.153. The van der Waals surface area contributed by atoms with Crippen LogP contribution in [0, 0.1) is 5.92 Å². The van der Waals surface area contributed by atoms with E-state index in [-0.39, 0.29) is 5.92 Å². The van der Waals surface area contributed by atoms with Gasteiger partial charge in [-0.2, -0.15) is 0 Å². The second-order valence-electron chi connectivity index (χ2n) is 6.21. The van der Waals surface area contributed by atoms with Crippen LogP contribution in [-0.2, 0) is 11.2 Å². The van der Waals surface area contributed by atoms with Gasteiger partial charge in [0.1, 0.15) is 0 Å². The highest BCUT2D eigenvalue weighted by atomic mass is 16.4. The van der Waals surface area contributed by atoms with Crippen molar-refractivity contribution in [3.05, 3.63) is 35.4 Å². The first-order valence-electron chi connectivity index (χ1n) is 7.80. The van der Waals surface area contributed by atoms with Crippen molar-refractivity contribution in [1.82, 2.24) is 5.32 Å². The van der Waals surface area contributed by atoms with Gasteiger partial charge in [0.2, 0.25) is 0 Å². The SMILES string of the molecule is O=C(O)C1CCCC(NC2CCCc3ccccc32)C1. The van der Waals surface area contributed by atoms with Gasteiger partial charge in [0.25, 0.3) is 0 Å². The molecular formula is C17H23NO2. The fraction of sp³-hybridized carbons (Fsp3) is 0.588. The number of carboxylic acid groups (broad SMARTS) is 1. The van der Waals surface area contributed by atoms with Gasteiger partial charge in [-0.05, 0) is 49.7 Å². The van der Waals surface area contributed by atoms with Crippen LogP contribution in [0.25, 0.3) is 0 Å². The Morgan fingerprint density at radius 2 is 2.00 bits per heavy atom. The topological polar surface area (TPSA) is 49.3 Å². The fourth-order valence-electron chi connectivity index (χ4n) is 3.78. The van der Waals surface area contributed by atoms with E-state index >= 15 is 0 Å². The molecular weight excluding hydrogens is 250 g/mol. The molecule has 3 unspecified atom stereocenters. The van der Waals surface area contributed by atoms with Gasteiger partial charge >= 0.3 is 5.97 Å². The number of carboxylic acids is 1. The maximum absolute atomic E-state index is 11.2. The van der Waals surface area contributed by atoms with E-state index in [2.05, 4.69) is 29.6 Å². The summed E-state index contributed by atoms with van der Waals surface area (Å²) in [5.74, 6) is -0.777. The lowest BCUT2D eigenvalue weighted by Crippen LogP contribution is -2.39. The van der Waals surface area contributed by atoms with Gasteiger partial charge < -0.3 is 10.4 Å². The third kappa shape index (κ3) is 2.88. The Labute approximate surface area is 120 Å². The summed E-state index contributed by atoms with van der Waals surface area (Å²) in [6, 6.07) is 9.45. The summed E-state index contributed by atoms with van der Waals surface area (Å²) < 4.78 is 0. The average Bonchev–Trinajstić information content (AvgIpc) is 2.48. The Balaban J connectivity index is 1.68. The first-order valence-corrected chi connectivity index (χ1v) is 7.80. The van der Waals surface area contributed by atoms with Gasteiger partial charge in [-0.25, -0.2) is 0 Å². The number of carbonyl (C=O) groups is 1. The summed E-state index contributed by atoms with van der Waals surface area (Å²) in [5, 5.41) is 12.9. The predicted molar refractivity (Wildman–Crippen MR) is 78.6 cm³/mol. The van der Waals surface area contributed by atoms with Crippen molar-refractivity contribution >= 4 is 5.97 Å². The summed E-state index contributed by atoms with van der Waals surface area (Å²) >= 11 is 0. The van der Waals surface area contributed by atoms with Crippen molar-refractivity contribution < 1.29 is 9.90 Å². The quantitative estimate of drug-likeness (QED) is 0.888. The van der Waals surface area contributed by atoms with E-state index < -0.39 is 5.97 Å². The van der Waals surface area contributed by atoms with Crippen LogP contribution in [0.4, 0.5) is 0 Å². The van der Waals surface area contributed by atoms with Gasteiger partial charge in [0, 0.05) is 12.1 Å². The highest BCUT2D eigenvalue weighted by Gasteiger charge is 2.29. The van der Waals surface area contributed by atoms with E-state index in [0.717, 1.165) is 25.7 Å². The molecule has 108 valence electrons. The normalized spacial score (nSPS) is 29.7. The van der Waals surface area contributed by atoms with E-state index in [1.165, 1.54) is 30.4 Å². The molecule has 20 heavy (non-hydrogen) atoms. The van der Waals surface area contributed by atoms with Gasteiger partial charge in [0.15, 0.2) is 0 Å². The summed E-state index contributed by atoms with van der Waals surface area (Å²) in [5.41, 5.74) is 2.89. The zero-order valence-electron chi connectivity index (χ0n) is 11.8. The Hall–Kier alpha value is -1.35. The minimum Gasteiger partial charge on any atom is -0.481 e. The number of rotatable bonds is 3. The molecule has 2 aliphatic carbocycles. The molecule has 3 nitrogen and oxygen atoms in total. The summed E-state index contributed by atoms with van der Waals surface area (Å²) in [6.45, 7) is 0. The molecule has 0 heterocycles. The molecule has 1 aromatic rings. The summed E-state index contributed by atoms with van der Waals surface area (Å²) in [4.78, 5) is 11.2. The predicted octanol–water partition coefficient (Wildman–Crippen LogP) is 3.30. The lowest BCUT2D eigenvalue weighted by Gasteiger charge is -2.34. The molecule has 0 saturated heterocycles. The van der Waals surface area contributed by atoms with Gasteiger partial charge in [-0.3, -0.25) is 4.79 Å². The monoisotopic (exact) mass is 273 g/mol. The molecule has 0 radical (unpaired) electrons. The smallest absolute Gasteiger partial charge is 0.306 e. The zero-order chi connectivity index (χ0) is 13.9. The van der Waals surface area contributed by atoms with Gasteiger partial charge in [-0.1, -0.05) is 30.7 Å². The number of benzene rings is 1. The largest absolute Gasteiger partial charge is 0.481 e. The Morgan fingerprint density at radius 3 is 2.85 bits per heavy atom. The molecule has 2 aliphatic rings. The molecule has 2 N–H and O–H groups in total. The third-order valence-corrected chi connectivity index (χ3v) is 4.83. The standard InChI is InChI=1S/C17H23NO2/c19-17(20)13-7-3-8-14(11-13)18-16-10-4-6-12-5-1-2-9-15(12)16/h1-2,5,9,13-14,16,18H,3-4,6-8,10-11H2,(H,19,20). The molecule has 0 aromatic heterocycles. The maximum Gasteiger partial charge on any atom is 0.306 e. The lowest BCUT2D eigenvalue weighted by atomic mass is 9.83. The second-order valence-corrected chi connectivity index (χ2v) is 6.21. The molecule has 3 rings (SSSR count). The minimum atomic E-state index is -0.624. The van der Waals surface area contributed by atoms with Crippen LogP contribution in [0.3, 0.4) is 0 Å². The van der Waals surface area contributed by atoms with E-state index in [1.54, 1.807) is 0 Å². The Bertz CT molecular complexity index is 486. The van der Waals surface area contributed by atoms with E-state index in [1.807, 2.05) is 0 Å². The first-order chi connectivity index (χ1) is 9.74. The average molecular weight is 273 g/mol. The van der Waals surface area contributed by atoms with E-state index in [4.69, 9.17) is 0 Å². The number of aliphatic carboxylic acids is 1. The van der Waals surface area contributed by atoms with Crippen LogP contribution < -0.4 is 5.32 Å². The number of nitrogens with one attached hydrogen (secondary N) is 1. The van der Waals surface area contributed by atoms with E-state index in [9.17, 15) is 9.90 Å². The first kappa shape index (κ1) is 13.6. The summed E-state index contributed by atoms with van der Waals surface area (Å²) in [7, 11) is 0. The molecule has 1 saturated carbocycles.